The molecule has 5 N–H and O–H groups in total. The molecular formula is C30H42N4O4S. The molecule has 2 aromatic carbocycles. The third-order valence-electron chi connectivity index (χ3n) is 7.83. The quantitative estimate of drug-likeness (QED) is 0.203. The number of thiazole rings is 1. The average molecular weight is 555 g/mol. The molecule has 1 saturated carbocycles. The first-order valence-corrected chi connectivity index (χ1v) is 14.9. The van der Waals surface area contributed by atoms with Gasteiger partial charge in [0.25, 0.3) is 0 Å². The lowest BCUT2D eigenvalue weighted by Gasteiger charge is -2.40. The van der Waals surface area contributed by atoms with Gasteiger partial charge in [-0.05, 0) is 86.4 Å². The van der Waals surface area contributed by atoms with Crippen LogP contribution < -0.4 is 15.5 Å². The number of aromatic nitrogens is 1. The maximum Gasteiger partial charge on any atom is 0.305 e. The number of carbonyl (C=O) groups is 1. The number of amides is 1. The SMILES string of the molecule is CC1(C)CCC(N(CCNCCc2ccc(O)c3[nH]c(=O)sc23)C(=O)CCNCCc2cccc(O)c2)CC1. The van der Waals surface area contributed by atoms with Crippen molar-refractivity contribution in [2.75, 3.05) is 32.7 Å². The monoisotopic (exact) mass is 554 g/mol. The molecular weight excluding hydrogens is 512 g/mol. The van der Waals surface area contributed by atoms with Crippen molar-refractivity contribution in [2.24, 2.45) is 5.41 Å². The van der Waals surface area contributed by atoms with Gasteiger partial charge in [0.2, 0.25) is 5.91 Å². The van der Waals surface area contributed by atoms with Gasteiger partial charge in [0, 0.05) is 32.1 Å². The molecule has 4 rings (SSSR count). The second kappa shape index (κ2) is 13.5. The van der Waals surface area contributed by atoms with E-state index in [1.54, 1.807) is 18.2 Å². The van der Waals surface area contributed by atoms with E-state index in [9.17, 15) is 19.8 Å². The smallest absolute Gasteiger partial charge is 0.305 e. The standard InChI is InChI=1S/C30H42N4O4S/c1-30(2)13-8-23(9-14-30)34(26(37)12-17-31-15-10-21-4-3-5-24(35)20-21)19-18-32-16-11-22-6-7-25(36)27-28(22)39-29(38)33-27/h3-7,20,23,31-32,35-36H,8-19H2,1-2H3,(H,33,38). The summed E-state index contributed by atoms with van der Waals surface area (Å²) in [5, 5.41) is 26.5. The molecule has 1 fully saturated rings. The van der Waals surface area contributed by atoms with Crippen molar-refractivity contribution >= 4 is 27.5 Å². The highest BCUT2D eigenvalue weighted by Crippen LogP contribution is 2.37. The fourth-order valence-electron chi connectivity index (χ4n) is 5.43. The predicted molar refractivity (Wildman–Crippen MR) is 158 cm³/mol. The zero-order chi connectivity index (χ0) is 27.8. The lowest BCUT2D eigenvalue weighted by atomic mass is 9.75. The lowest BCUT2D eigenvalue weighted by Crippen LogP contribution is -2.47. The summed E-state index contributed by atoms with van der Waals surface area (Å²) in [6, 6.07) is 11.1. The molecule has 8 nitrogen and oxygen atoms in total. The van der Waals surface area contributed by atoms with Crippen molar-refractivity contribution in [1.29, 1.82) is 0 Å². The molecule has 0 radical (unpaired) electrons. The highest BCUT2D eigenvalue weighted by atomic mass is 32.1. The molecule has 212 valence electrons. The van der Waals surface area contributed by atoms with Crippen molar-refractivity contribution in [1.82, 2.24) is 20.5 Å². The number of phenolic OH excluding ortho intramolecular Hbond substituents is 2. The van der Waals surface area contributed by atoms with Gasteiger partial charge in [-0.25, -0.2) is 0 Å². The van der Waals surface area contributed by atoms with E-state index in [1.165, 1.54) is 0 Å². The number of nitrogens with one attached hydrogen (secondary N) is 3. The number of nitrogens with zero attached hydrogens (tertiary/aromatic N) is 1. The van der Waals surface area contributed by atoms with Crippen molar-refractivity contribution < 1.29 is 15.0 Å². The van der Waals surface area contributed by atoms with Crippen LogP contribution in [0.25, 0.3) is 10.2 Å². The summed E-state index contributed by atoms with van der Waals surface area (Å²) in [5.41, 5.74) is 2.95. The van der Waals surface area contributed by atoms with Crippen LogP contribution in [0.2, 0.25) is 0 Å². The number of rotatable bonds is 13. The molecule has 0 bridgehead atoms. The Bertz CT molecular complexity index is 1290. The molecule has 1 aromatic heterocycles. The van der Waals surface area contributed by atoms with Gasteiger partial charge in [-0.1, -0.05) is 43.4 Å². The third-order valence-corrected chi connectivity index (χ3v) is 8.78. The van der Waals surface area contributed by atoms with Gasteiger partial charge in [-0.2, -0.15) is 0 Å². The number of carbonyl (C=O) groups excluding carboxylic acids is 1. The van der Waals surface area contributed by atoms with E-state index in [0.717, 1.165) is 78.8 Å². The predicted octanol–water partition coefficient (Wildman–Crippen LogP) is 4.15. The first kappa shape index (κ1) is 29.1. The summed E-state index contributed by atoms with van der Waals surface area (Å²) >= 11 is 1.13. The second-order valence-corrected chi connectivity index (χ2v) is 12.3. The molecule has 1 aliphatic rings. The van der Waals surface area contributed by atoms with Crippen molar-refractivity contribution in [3.63, 3.8) is 0 Å². The average Bonchev–Trinajstić information content (AvgIpc) is 3.30. The van der Waals surface area contributed by atoms with E-state index in [1.807, 2.05) is 18.2 Å². The van der Waals surface area contributed by atoms with Gasteiger partial charge in [0.1, 0.15) is 17.0 Å². The number of H-pyrrole nitrogens is 1. The molecule has 9 heteroatoms. The summed E-state index contributed by atoms with van der Waals surface area (Å²) in [5.74, 6) is 0.572. The van der Waals surface area contributed by atoms with E-state index in [4.69, 9.17) is 0 Å². The summed E-state index contributed by atoms with van der Waals surface area (Å²) in [6.07, 6.45) is 6.36. The van der Waals surface area contributed by atoms with Crippen LogP contribution in [0, 0.1) is 5.41 Å². The minimum Gasteiger partial charge on any atom is -0.508 e. The van der Waals surface area contributed by atoms with Gasteiger partial charge in [-0.15, -0.1) is 0 Å². The molecule has 0 atom stereocenters. The van der Waals surface area contributed by atoms with Gasteiger partial charge >= 0.3 is 4.87 Å². The number of fused-ring (bicyclic) bond motifs is 1. The van der Waals surface area contributed by atoms with E-state index in [2.05, 4.69) is 34.4 Å². The molecule has 0 aliphatic heterocycles. The van der Waals surface area contributed by atoms with Gasteiger partial charge in [0.05, 0.1) is 4.70 Å². The third kappa shape index (κ3) is 8.30. The molecule has 1 amide bonds. The number of hydrogen-bond donors (Lipinski definition) is 5. The van der Waals surface area contributed by atoms with Crippen LogP contribution in [0.4, 0.5) is 0 Å². The molecule has 1 aliphatic carbocycles. The van der Waals surface area contributed by atoms with E-state index in [-0.39, 0.29) is 28.3 Å². The molecule has 1 heterocycles. The molecule has 0 spiro atoms. The summed E-state index contributed by atoms with van der Waals surface area (Å²) in [7, 11) is 0. The fourth-order valence-corrected chi connectivity index (χ4v) is 6.33. The van der Waals surface area contributed by atoms with E-state index < -0.39 is 0 Å². The van der Waals surface area contributed by atoms with Crippen LogP contribution >= 0.6 is 11.3 Å². The van der Waals surface area contributed by atoms with Gasteiger partial charge in [-0.3, -0.25) is 9.59 Å². The maximum atomic E-state index is 13.3. The van der Waals surface area contributed by atoms with Crippen molar-refractivity contribution in [3.05, 3.63) is 57.2 Å². The Labute approximate surface area is 234 Å². The zero-order valence-electron chi connectivity index (χ0n) is 23.1. The van der Waals surface area contributed by atoms with Crippen LogP contribution in [-0.2, 0) is 17.6 Å². The summed E-state index contributed by atoms with van der Waals surface area (Å²) < 4.78 is 0.806. The minimum absolute atomic E-state index is 0.0960. The molecule has 0 saturated heterocycles. The van der Waals surface area contributed by atoms with E-state index in [0.29, 0.717) is 37.0 Å². The summed E-state index contributed by atoms with van der Waals surface area (Å²) in [4.78, 5) is 29.7. The largest absolute Gasteiger partial charge is 0.508 e. The van der Waals surface area contributed by atoms with Crippen molar-refractivity contribution in [3.8, 4) is 11.5 Å². The fraction of sp³-hybridized carbons (Fsp3) is 0.533. The Hall–Kier alpha value is -2.88. The van der Waals surface area contributed by atoms with Crippen LogP contribution in [0.15, 0.2) is 41.2 Å². The van der Waals surface area contributed by atoms with Crippen LogP contribution in [-0.4, -0.2) is 64.8 Å². The maximum absolute atomic E-state index is 13.3. The van der Waals surface area contributed by atoms with Crippen LogP contribution in [0.1, 0.15) is 57.1 Å². The minimum atomic E-state index is -0.167. The van der Waals surface area contributed by atoms with Crippen molar-refractivity contribution in [2.45, 2.75) is 64.8 Å². The Morgan fingerprint density at radius 3 is 2.56 bits per heavy atom. The molecule has 39 heavy (non-hydrogen) atoms. The Kier molecular flexibility index (Phi) is 10.0. The van der Waals surface area contributed by atoms with Gasteiger partial charge < -0.3 is 30.7 Å². The van der Waals surface area contributed by atoms with Crippen LogP contribution in [0.5, 0.6) is 11.5 Å². The second-order valence-electron chi connectivity index (χ2n) is 11.4. The lowest BCUT2D eigenvalue weighted by molar-refractivity contribution is -0.134. The number of hydrogen-bond acceptors (Lipinski definition) is 7. The Morgan fingerprint density at radius 1 is 1.05 bits per heavy atom. The molecule has 3 aromatic rings. The first-order valence-electron chi connectivity index (χ1n) is 14.0. The Balaban J connectivity index is 1.25. The van der Waals surface area contributed by atoms with E-state index >= 15 is 0 Å². The number of phenols is 2. The van der Waals surface area contributed by atoms with Crippen LogP contribution in [0.3, 0.4) is 0 Å². The van der Waals surface area contributed by atoms with Gasteiger partial charge in [0.15, 0.2) is 0 Å². The number of aromatic amines is 1. The highest BCUT2D eigenvalue weighted by Gasteiger charge is 2.31. The molecule has 0 unspecified atom stereocenters. The number of benzene rings is 2. The highest BCUT2D eigenvalue weighted by molar-refractivity contribution is 7.16. The summed E-state index contributed by atoms with van der Waals surface area (Å²) in [6.45, 7) is 8.13. The normalized spacial score (nSPS) is 15.5. The zero-order valence-corrected chi connectivity index (χ0v) is 23.9. The Morgan fingerprint density at radius 2 is 1.79 bits per heavy atom. The first-order chi connectivity index (χ1) is 18.7. The number of aromatic hydroxyl groups is 2. The topological polar surface area (TPSA) is 118 Å².